The van der Waals surface area contributed by atoms with Crippen LogP contribution in [0.1, 0.15) is 13.8 Å². The van der Waals surface area contributed by atoms with E-state index in [-0.39, 0.29) is 18.4 Å². The van der Waals surface area contributed by atoms with Gasteiger partial charge in [-0.3, -0.25) is 4.79 Å². The topological polar surface area (TPSA) is 55.6 Å². The lowest BCUT2D eigenvalue weighted by atomic mass is 10.2. The summed E-state index contributed by atoms with van der Waals surface area (Å²) in [6.07, 6.45) is 0. The van der Waals surface area contributed by atoms with Crippen molar-refractivity contribution in [3.8, 4) is 0 Å². The van der Waals surface area contributed by atoms with Crippen LogP contribution in [0.25, 0.3) is 0 Å². The summed E-state index contributed by atoms with van der Waals surface area (Å²) in [7, 11) is 1.72. The fourth-order valence-electron chi connectivity index (χ4n) is 0.902. The molecule has 0 aliphatic heterocycles. The number of likely N-dealkylation sites (N-methyl/N-ethyl adjacent to an activating group) is 1. The molecule has 1 unspecified atom stereocenters. The second-order valence-electron chi connectivity index (χ2n) is 3.21. The Bertz CT molecular complexity index is 209. The fourth-order valence-corrected chi connectivity index (χ4v) is 0.977. The van der Waals surface area contributed by atoms with Crippen LogP contribution in [0.4, 0.5) is 0 Å². The average molecular weight is 218 g/mol. The zero-order valence-corrected chi connectivity index (χ0v) is 9.76. The third-order valence-corrected chi connectivity index (χ3v) is 2.29. The molecule has 1 atom stereocenters. The van der Waals surface area contributed by atoms with Crippen molar-refractivity contribution in [1.29, 1.82) is 0 Å². The van der Waals surface area contributed by atoms with Gasteiger partial charge in [-0.2, -0.15) is 0 Å². The first kappa shape index (κ1) is 13.3. The molecule has 0 aromatic rings. The molecule has 0 spiro atoms. The number of carbonyl (C=O) groups excluding carboxylic acids is 1. The second-order valence-corrected chi connectivity index (χ2v) is 3.69. The van der Waals surface area contributed by atoms with E-state index in [9.17, 15) is 4.79 Å². The van der Waals surface area contributed by atoms with Crippen LogP contribution in [-0.2, 0) is 9.53 Å². The van der Waals surface area contributed by atoms with Crippen LogP contribution in [0.3, 0.4) is 0 Å². The summed E-state index contributed by atoms with van der Waals surface area (Å²) in [5.74, 6) is -0.00414. The highest BCUT2D eigenvalue weighted by molar-refractivity contribution is 7.80. The Morgan fingerprint density at radius 3 is 2.64 bits per heavy atom. The Morgan fingerprint density at radius 1 is 1.64 bits per heavy atom. The quantitative estimate of drug-likeness (QED) is 0.656. The second kappa shape index (κ2) is 6.73. The number of amides is 1. The predicted molar refractivity (Wildman–Crippen MR) is 60.1 cm³/mol. The summed E-state index contributed by atoms with van der Waals surface area (Å²) < 4.78 is 5.00. The lowest BCUT2D eigenvalue weighted by Crippen LogP contribution is -2.37. The average Bonchev–Trinajstić information content (AvgIpc) is 2.13. The Hall–Kier alpha value is -0.680. The number of hydrogen-bond acceptors (Lipinski definition) is 3. The summed E-state index contributed by atoms with van der Waals surface area (Å²) in [5, 5.41) is 0. The first-order chi connectivity index (χ1) is 6.49. The van der Waals surface area contributed by atoms with Gasteiger partial charge in [0.05, 0.1) is 4.99 Å². The van der Waals surface area contributed by atoms with Crippen molar-refractivity contribution in [2.45, 2.75) is 13.8 Å². The van der Waals surface area contributed by atoms with E-state index in [0.29, 0.717) is 18.1 Å². The Kier molecular flexibility index (Phi) is 6.40. The highest BCUT2D eigenvalue weighted by Gasteiger charge is 2.13. The maximum Gasteiger partial charge on any atom is 0.248 e. The van der Waals surface area contributed by atoms with E-state index in [4.69, 9.17) is 22.7 Å². The van der Waals surface area contributed by atoms with Gasteiger partial charge in [0.15, 0.2) is 0 Å². The number of nitrogens with two attached hydrogens (primary N) is 1. The van der Waals surface area contributed by atoms with E-state index >= 15 is 0 Å². The van der Waals surface area contributed by atoms with Crippen LogP contribution in [0.15, 0.2) is 0 Å². The fraction of sp³-hybridized carbons (Fsp3) is 0.778. The molecule has 0 fully saturated rings. The smallest absolute Gasteiger partial charge is 0.248 e. The molecule has 0 bridgehead atoms. The van der Waals surface area contributed by atoms with Crippen molar-refractivity contribution < 1.29 is 9.53 Å². The van der Waals surface area contributed by atoms with Crippen LogP contribution in [0.2, 0.25) is 0 Å². The van der Waals surface area contributed by atoms with E-state index in [1.165, 1.54) is 0 Å². The van der Waals surface area contributed by atoms with E-state index in [1.54, 1.807) is 11.9 Å². The van der Waals surface area contributed by atoms with Crippen LogP contribution in [0, 0.1) is 5.92 Å². The number of thiocarbonyl (C=S) groups is 1. The standard InChI is InChI=1S/C9H18N2O2S/c1-4-13-6-8(12)11(3)5-7(2)9(10)14/h7H,4-6H2,1-3H3,(H2,10,14). The molecule has 82 valence electrons. The van der Waals surface area contributed by atoms with Gasteiger partial charge in [0, 0.05) is 26.1 Å². The Morgan fingerprint density at radius 2 is 2.21 bits per heavy atom. The van der Waals surface area contributed by atoms with E-state index < -0.39 is 0 Å². The third-order valence-electron chi connectivity index (χ3n) is 1.89. The lowest BCUT2D eigenvalue weighted by molar-refractivity contribution is -0.134. The largest absolute Gasteiger partial charge is 0.393 e. The van der Waals surface area contributed by atoms with Gasteiger partial charge in [-0.15, -0.1) is 0 Å². The molecular formula is C9H18N2O2S. The van der Waals surface area contributed by atoms with Gasteiger partial charge in [-0.25, -0.2) is 0 Å². The van der Waals surface area contributed by atoms with Gasteiger partial charge in [0.1, 0.15) is 6.61 Å². The van der Waals surface area contributed by atoms with Crippen molar-refractivity contribution in [2.75, 3.05) is 26.8 Å². The molecule has 0 saturated carbocycles. The third kappa shape index (κ3) is 5.14. The normalized spacial score (nSPS) is 12.2. The number of hydrogen-bond donors (Lipinski definition) is 1. The minimum Gasteiger partial charge on any atom is -0.393 e. The predicted octanol–water partition coefficient (Wildman–Crippen LogP) is 0.404. The summed E-state index contributed by atoms with van der Waals surface area (Å²) in [6.45, 7) is 4.96. The highest BCUT2D eigenvalue weighted by atomic mass is 32.1. The van der Waals surface area contributed by atoms with E-state index in [1.807, 2.05) is 13.8 Å². The first-order valence-corrected chi connectivity index (χ1v) is 5.00. The van der Waals surface area contributed by atoms with Crippen molar-refractivity contribution in [1.82, 2.24) is 4.90 Å². The molecule has 0 radical (unpaired) electrons. The Balaban J connectivity index is 3.88. The summed E-state index contributed by atoms with van der Waals surface area (Å²) >= 11 is 4.82. The molecule has 14 heavy (non-hydrogen) atoms. The highest BCUT2D eigenvalue weighted by Crippen LogP contribution is 1.99. The van der Waals surface area contributed by atoms with Crippen LogP contribution in [0.5, 0.6) is 0 Å². The molecular weight excluding hydrogens is 200 g/mol. The molecule has 0 aromatic heterocycles. The number of rotatable bonds is 6. The SMILES string of the molecule is CCOCC(=O)N(C)CC(C)C(N)=S. The number of nitrogens with zero attached hydrogens (tertiary/aromatic N) is 1. The van der Waals surface area contributed by atoms with E-state index in [0.717, 1.165) is 0 Å². The van der Waals surface area contributed by atoms with Gasteiger partial charge in [0.25, 0.3) is 0 Å². The van der Waals surface area contributed by atoms with Gasteiger partial charge in [0.2, 0.25) is 5.91 Å². The number of ether oxygens (including phenoxy) is 1. The zero-order chi connectivity index (χ0) is 11.1. The molecule has 0 heterocycles. The van der Waals surface area contributed by atoms with Crippen molar-refractivity contribution >= 4 is 23.1 Å². The first-order valence-electron chi connectivity index (χ1n) is 4.60. The molecule has 0 aliphatic carbocycles. The van der Waals surface area contributed by atoms with Crippen LogP contribution >= 0.6 is 12.2 Å². The zero-order valence-electron chi connectivity index (χ0n) is 8.95. The van der Waals surface area contributed by atoms with Crippen molar-refractivity contribution in [2.24, 2.45) is 11.7 Å². The van der Waals surface area contributed by atoms with Gasteiger partial charge < -0.3 is 15.4 Å². The monoisotopic (exact) mass is 218 g/mol. The minimum absolute atomic E-state index is 0.0422. The van der Waals surface area contributed by atoms with Crippen LogP contribution < -0.4 is 5.73 Å². The molecule has 4 nitrogen and oxygen atoms in total. The summed E-state index contributed by atoms with van der Waals surface area (Å²) in [5.41, 5.74) is 5.45. The van der Waals surface area contributed by atoms with E-state index in [2.05, 4.69) is 0 Å². The molecule has 2 N–H and O–H groups in total. The molecule has 0 rings (SSSR count). The minimum atomic E-state index is -0.0463. The summed E-state index contributed by atoms with van der Waals surface area (Å²) in [6, 6.07) is 0. The van der Waals surface area contributed by atoms with Crippen molar-refractivity contribution in [3.05, 3.63) is 0 Å². The van der Waals surface area contributed by atoms with Crippen molar-refractivity contribution in [3.63, 3.8) is 0 Å². The maximum absolute atomic E-state index is 11.4. The van der Waals surface area contributed by atoms with Gasteiger partial charge in [-0.05, 0) is 6.92 Å². The Labute approximate surface area is 90.4 Å². The van der Waals surface area contributed by atoms with Gasteiger partial charge in [-0.1, -0.05) is 19.1 Å². The molecule has 0 saturated heterocycles. The van der Waals surface area contributed by atoms with Crippen LogP contribution in [-0.4, -0.2) is 42.6 Å². The molecule has 0 aliphatic rings. The lowest BCUT2D eigenvalue weighted by Gasteiger charge is -2.20. The molecule has 5 heteroatoms. The molecule has 1 amide bonds. The maximum atomic E-state index is 11.4. The number of carbonyl (C=O) groups is 1. The summed E-state index contributed by atoms with van der Waals surface area (Å²) in [4.78, 5) is 13.4. The molecule has 0 aromatic carbocycles. The van der Waals surface area contributed by atoms with Gasteiger partial charge >= 0.3 is 0 Å².